The molecule has 0 saturated carbocycles. The Morgan fingerprint density at radius 1 is 1.29 bits per heavy atom. The van der Waals surface area contributed by atoms with Crippen molar-refractivity contribution >= 4 is 5.78 Å². The van der Waals surface area contributed by atoms with Gasteiger partial charge < -0.3 is 14.4 Å². The van der Waals surface area contributed by atoms with Gasteiger partial charge in [0.25, 0.3) is 5.56 Å². The first-order valence-corrected chi connectivity index (χ1v) is 7.88. The van der Waals surface area contributed by atoms with Crippen LogP contribution < -0.4 is 10.3 Å². The van der Waals surface area contributed by atoms with Crippen LogP contribution in [-0.2, 0) is 13.0 Å². The summed E-state index contributed by atoms with van der Waals surface area (Å²) in [4.78, 5) is 15.9. The lowest BCUT2D eigenvalue weighted by molar-refractivity contribution is 0.0924. The maximum Gasteiger partial charge on any atom is 0.275 e. The van der Waals surface area contributed by atoms with Crippen molar-refractivity contribution in [2.75, 3.05) is 6.61 Å². The Morgan fingerprint density at radius 2 is 2.04 bits per heavy atom. The highest BCUT2D eigenvalue weighted by Crippen LogP contribution is 2.13. The predicted molar refractivity (Wildman–Crippen MR) is 89.3 cm³/mol. The van der Waals surface area contributed by atoms with E-state index in [1.54, 1.807) is 11.5 Å². The second kappa shape index (κ2) is 6.84. The molecule has 2 heterocycles. The van der Waals surface area contributed by atoms with Gasteiger partial charge in [0.2, 0.25) is 5.78 Å². The Kier molecular flexibility index (Phi) is 4.61. The molecule has 0 aliphatic rings. The summed E-state index contributed by atoms with van der Waals surface area (Å²) < 4.78 is 8.59. The number of fused-ring (bicyclic) bond motifs is 1. The lowest BCUT2D eigenvalue weighted by Crippen LogP contribution is -2.28. The second-order valence-corrected chi connectivity index (χ2v) is 5.67. The van der Waals surface area contributed by atoms with Gasteiger partial charge >= 0.3 is 0 Å². The molecule has 0 aliphatic carbocycles. The van der Waals surface area contributed by atoms with Crippen molar-refractivity contribution < 1.29 is 9.84 Å². The molecule has 0 fully saturated rings. The fraction of sp³-hybridized carbons (Fsp3) is 0.353. The second-order valence-electron chi connectivity index (χ2n) is 5.67. The van der Waals surface area contributed by atoms with E-state index < -0.39 is 6.10 Å². The Bertz CT molecular complexity index is 883. The van der Waals surface area contributed by atoms with Gasteiger partial charge in [-0.3, -0.25) is 4.79 Å². The van der Waals surface area contributed by atoms with Crippen molar-refractivity contribution in [1.29, 1.82) is 0 Å². The molecule has 1 aromatic carbocycles. The number of aryl methyl sites for hydroxylation is 2. The minimum Gasteiger partial charge on any atom is -0.491 e. The first-order valence-electron chi connectivity index (χ1n) is 7.88. The van der Waals surface area contributed by atoms with Crippen LogP contribution in [0.25, 0.3) is 5.78 Å². The van der Waals surface area contributed by atoms with Crippen LogP contribution >= 0.6 is 0 Å². The summed E-state index contributed by atoms with van der Waals surface area (Å²) in [5.74, 6) is 1.13. The van der Waals surface area contributed by atoms with E-state index in [9.17, 15) is 9.90 Å². The summed E-state index contributed by atoms with van der Waals surface area (Å²) in [6, 6.07) is 9.28. The third-order valence-corrected chi connectivity index (χ3v) is 3.91. The average molecular weight is 328 g/mol. The van der Waals surface area contributed by atoms with E-state index in [2.05, 4.69) is 17.0 Å². The van der Waals surface area contributed by atoms with Gasteiger partial charge in [-0.1, -0.05) is 19.1 Å². The van der Waals surface area contributed by atoms with E-state index in [1.807, 2.05) is 24.3 Å². The number of hydrogen-bond acceptors (Lipinski definition) is 5. The molecule has 0 unspecified atom stereocenters. The molecule has 0 spiro atoms. The van der Waals surface area contributed by atoms with Crippen molar-refractivity contribution in [2.45, 2.75) is 32.9 Å². The maximum atomic E-state index is 11.8. The first kappa shape index (κ1) is 16.2. The van der Waals surface area contributed by atoms with Crippen molar-refractivity contribution in [3.8, 4) is 5.75 Å². The highest BCUT2D eigenvalue weighted by molar-refractivity contribution is 5.29. The molecule has 126 valence electrons. The fourth-order valence-corrected chi connectivity index (χ4v) is 2.55. The van der Waals surface area contributed by atoms with Crippen LogP contribution in [0.3, 0.4) is 0 Å². The van der Waals surface area contributed by atoms with E-state index in [0.29, 0.717) is 11.5 Å². The summed E-state index contributed by atoms with van der Waals surface area (Å²) in [7, 11) is 0. The molecule has 0 radical (unpaired) electrons. The Morgan fingerprint density at radius 3 is 2.75 bits per heavy atom. The molecule has 0 saturated heterocycles. The van der Waals surface area contributed by atoms with Gasteiger partial charge in [-0.25, -0.2) is 0 Å². The van der Waals surface area contributed by atoms with Crippen LogP contribution in [0.5, 0.6) is 5.75 Å². The highest BCUT2D eigenvalue weighted by atomic mass is 16.5. The summed E-state index contributed by atoms with van der Waals surface area (Å²) in [6.07, 6.45) is 1.56. The van der Waals surface area contributed by atoms with Gasteiger partial charge in [-0.15, -0.1) is 0 Å². The van der Waals surface area contributed by atoms with E-state index in [1.165, 1.54) is 22.5 Å². The Labute approximate surface area is 139 Å². The minimum absolute atomic E-state index is 0.150. The van der Waals surface area contributed by atoms with Gasteiger partial charge in [-0.05, 0) is 31.0 Å². The van der Waals surface area contributed by atoms with Crippen LogP contribution in [0.2, 0.25) is 0 Å². The topological polar surface area (TPSA) is 81.7 Å². The molecular formula is C17H20N4O3. The molecule has 3 aromatic rings. The number of aliphatic hydroxyl groups excluding tert-OH is 1. The van der Waals surface area contributed by atoms with Crippen molar-refractivity contribution in [2.24, 2.45) is 0 Å². The van der Waals surface area contributed by atoms with Gasteiger partial charge in [0, 0.05) is 11.8 Å². The first-order chi connectivity index (χ1) is 11.6. The summed E-state index contributed by atoms with van der Waals surface area (Å²) in [5, 5.41) is 14.2. The lowest BCUT2D eigenvalue weighted by atomic mass is 10.2. The van der Waals surface area contributed by atoms with Crippen LogP contribution in [0.4, 0.5) is 0 Å². The molecule has 7 nitrogen and oxygen atoms in total. The molecule has 1 N–H and O–H groups in total. The van der Waals surface area contributed by atoms with Crippen LogP contribution in [0.15, 0.2) is 41.5 Å². The quantitative estimate of drug-likeness (QED) is 0.735. The monoisotopic (exact) mass is 328 g/mol. The molecular weight excluding hydrogens is 308 g/mol. The standard InChI is InChI=1S/C17H20N4O3/c1-3-13-4-6-15(7-5-13)24-10-14(22)9-20-12(2)8-16(23)21-17(20)18-11-19-21/h4-8,11,14,22H,3,9-10H2,1-2H3/t14-/m1/s1. The van der Waals surface area contributed by atoms with E-state index in [0.717, 1.165) is 12.2 Å². The van der Waals surface area contributed by atoms with E-state index >= 15 is 0 Å². The van der Waals surface area contributed by atoms with Gasteiger partial charge in [0.1, 0.15) is 24.8 Å². The van der Waals surface area contributed by atoms with Crippen LogP contribution in [0, 0.1) is 6.92 Å². The number of aliphatic hydroxyl groups is 1. The van der Waals surface area contributed by atoms with Crippen LogP contribution in [0.1, 0.15) is 18.2 Å². The summed E-state index contributed by atoms with van der Waals surface area (Å²) in [6.45, 7) is 4.31. The van der Waals surface area contributed by atoms with E-state index in [-0.39, 0.29) is 18.7 Å². The third-order valence-electron chi connectivity index (χ3n) is 3.91. The maximum absolute atomic E-state index is 11.8. The molecule has 0 amide bonds. The molecule has 0 bridgehead atoms. The van der Waals surface area contributed by atoms with Gasteiger partial charge in [0.05, 0.1) is 6.54 Å². The zero-order valence-electron chi connectivity index (χ0n) is 13.7. The Hall–Kier alpha value is -2.67. The summed E-state index contributed by atoms with van der Waals surface area (Å²) in [5.41, 5.74) is 1.71. The van der Waals surface area contributed by atoms with Crippen molar-refractivity contribution in [3.63, 3.8) is 0 Å². The SMILES string of the molecule is CCc1ccc(OC[C@H](O)Cn2c(C)cc(=O)n3ncnc23)cc1. The van der Waals surface area contributed by atoms with Crippen molar-refractivity contribution in [3.05, 3.63) is 58.3 Å². The molecule has 7 heteroatoms. The normalized spacial score (nSPS) is 12.5. The zero-order valence-corrected chi connectivity index (χ0v) is 13.7. The molecule has 1 atom stereocenters. The lowest BCUT2D eigenvalue weighted by Gasteiger charge is -2.17. The summed E-state index contributed by atoms with van der Waals surface area (Å²) >= 11 is 0. The number of benzene rings is 1. The van der Waals surface area contributed by atoms with Crippen LogP contribution in [-0.4, -0.2) is 37.0 Å². The molecule has 24 heavy (non-hydrogen) atoms. The largest absolute Gasteiger partial charge is 0.491 e. The highest BCUT2D eigenvalue weighted by Gasteiger charge is 2.13. The number of hydrogen-bond donors (Lipinski definition) is 1. The number of rotatable bonds is 6. The zero-order chi connectivity index (χ0) is 17.1. The molecule has 0 aliphatic heterocycles. The third kappa shape index (κ3) is 3.30. The van der Waals surface area contributed by atoms with Gasteiger partial charge in [0.15, 0.2) is 0 Å². The minimum atomic E-state index is -0.738. The smallest absolute Gasteiger partial charge is 0.275 e. The fourth-order valence-electron chi connectivity index (χ4n) is 2.55. The predicted octanol–water partition coefficient (Wildman–Crippen LogP) is 1.20. The van der Waals surface area contributed by atoms with Gasteiger partial charge in [-0.2, -0.15) is 14.6 Å². The molecule has 3 rings (SSSR count). The number of ether oxygens (including phenoxy) is 1. The Balaban J connectivity index is 1.69. The number of nitrogens with zero attached hydrogens (tertiary/aromatic N) is 4. The van der Waals surface area contributed by atoms with E-state index in [4.69, 9.17) is 4.74 Å². The number of aromatic nitrogens is 4. The van der Waals surface area contributed by atoms with Crippen molar-refractivity contribution in [1.82, 2.24) is 19.2 Å². The average Bonchev–Trinajstić information content (AvgIpc) is 3.07. The molecule has 2 aromatic heterocycles.